The summed E-state index contributed by atoms with van der Waals surface area (Å²) in [6.07, 6.45) is -0.979. The van der Waals surface area contributed by atoms with Crippen molar-refractivity contribution in [3.63, 3.8) is 0 Å². The summed E-state index contributed by atoms with van der Waals surface area (Å²) < 4.78 is 0. The first-order valence-electron chi connectivity index (χ1n) is 7.76. The van der Waals surface area contributed by atoms with Crippen LogP contribution in [0.3, 0.4) is 0 Å². The molecule has 2 rings (SSSR count). The number of hydrogen-bond donors (Lipinski definition) is 5. The van der Waals surface area contributed by atoms with Crippen molar-refractivity contribution in [2.45, 2.75) is 44.1 Å². The molecule has 6 N–H and O–H groups in total. The van der Waals surface area contributed by atoms with Gasteiger partial charge in [0.05, 0.1) is 18.6 Å². The van der Waals surface area contributed by atoms with Gasteiger partial charge < -0.3 is 26.6 Å². The summed E-state index contributed by atoms with van der Waals surface area (Å²) in [5.74, 6) is -1.59. The number of nitrogens with one attached hydrogen (secondary N) is 2. The van der Waals surface area contributed by atoms with Gasteiger partial charge in [0.1, 0.15) is 12.1 Å². The average Bonchev–Trinajstić information content (AvgIpc) is 3.04. The smallest absolute Gasteiger partial charge is 0.247 e. The maximum absolute atomic E-state index is 12.2. The molecular weight excluding hydrogens is 346 g/mol. The number of carbonyl (C=O) groups excluding carboxylic acids is 3. The van der Waals surface area contributed by atoms with Crippen LogP contribution in [0.25, 0.3) is 0 Å². The van der Waals surface area contributed by atoms with Gasteiger partial charge in [-0.15, -0.1) is 11.3 Å². The SMILES string of the molecule is C[C@@H](NC(=O)C1=C[C@@H](NC(=O)Cc2cccs2)[C@@H](O)[C@H](O)C1)C(N)=O. The minimum Gasteiger partial charge on any atom is -0.390 e. The normalized spacial score (nSPS) is 24.1. The van der Waals surface area contributed by atoms with Crippen molar-refractivity contribution >= 4 is 29.1 Å². The molecule has 0 unspecified atom stereocenters. The van der Waals surface area contributed by atoms with Crippen LogP contribution in [0.5, 0.6) is 0 Å². The van der Waals surface area contributed by atoms with Crippen molar-refractivity contribution in [3.05, 3.63) is 34.0 Å². The third-order valence-electron chi connectivity index (χ3n) is 3.88. The topological polar surface area (TPSA) is 142 Å². The molecule has 1 aliphatic rings. The van der Waals surface area contributed by atoms with Crippen LogP contribution < -0.4 is 16.4 Å². The Hall–Kier alpha value is -2.23. The second kappa shape index (κ2) is 8.24. The summed E-state index contributed by atoms with van der Waals surface area (Å²) in [6, 6.07) is 1.87. The second-order valence-corrected chi connectivity index (χ2v) is 6.93. The number of rotatable bonds is 6. The van der Waals surface area contributed by atoms with E-state index in [2.05, 4.69) is 10.6 Å². The minimum absolute atomic E-state index is 0.0875. The molecule has 25 heavy (non-hydrogen) atoms. The lowest BCUT2D eigenvalue weighted by atomic mass is 9.89. The first-order chi connectivity index (χ1) is 11.8. The number of amides is 3. The van der Waals surface area contributed by atoms with Crippen LogP contribution in [0.4, 0.5) is 0 Å². The van der Waals surface area contributed by atoms with E-state index in [0.29, 0.717) is 0 Å². The highest BCUT2D eigenvalue weighted by atomic mass is 32.1. The Labute approximate surface area is 148 Å². The van der Waals surface area contributed by atoms with Crippen molar-refractivity contribution < 1.29 is 24.6 Å². The zero-order valence-electron chi connectivity index (χ0n) is 13.6. The fraction of sp³-hybridized carbons (Fsp3) is 0.438. The maximum Gasteiger partial charge on any atom is 0.247 e. The number of hydrogen-bond acceptors (Lipinski definition) is 6. The lowest BCUT2D eigenvalue weighted by Crippen LogP contribution is -2.52. The van der Waals surface area contributed by atoms with Crippen LogP contribution in [0, 0.1) is 0 Å². The lowest BCUT2D eigenvalue weighted by molar-refractivity contribution is -0.125. The van der Waals surface area contributed by atoms with Gasteiger partial charge in [0, 0.05) is 16.9 Å². The summed E-state index contributed by atoms with van der Waals surface area (Å²) in [5.41, 5.74) is 5.28. The summed E-state index contributed by atoms with van der Waals surface area (Å²) in [4.78, 5) is 36.1. The van der Waals surface area contributed by atoms with Gasteiger partial charge in [0.15, 0.2) is 0 Å². The Bertz CT molecular complexity index is 673. The molecule has 0 saturated heterocycles. The zero-order chi connectivity index (χ0) is 18.6. The van der Waals surface area contributed by atoms with Gasteiger partial charge in [-0.25, -0.2) is 0 Å². The van der Waals surface area contributed by atoms with E-state index in [-0.39, 0.29) is 24.3 Å². The molecule has 1 aromatic heterocycles. The summed E-state index contributed by atoms with van der Waals surface area (Å²) >= 11 is 1.43. The van der Waals surface area contributed by atoms with E-state index in [4.69, 9.17) is 5.73 Å². The van der Waals surface area contributed by atoms with Crippen LogP contribution in [-0.4, -0.2) is 52.2 Å². The molecule has 8 nitrogen and oxygen atoms in total. The highest BCUT2D eigenvalue weighted by molar-refractivity contribution is 7.10. The van der Waals surface area contributed by atoms with Gasteiger partial charge in [0.2, 0.25) is 17.7 Å². The first kappa shape index (κ1) is 19.1. The number of aliphatic hydroxyl groups is 2. The van der Waals surface area contributed by atoms with Crippen molar-refractivity contribution in [3.8, 4) is 0 Å². The fourth-order valence-corrected chi connectivity index (χ4v) is 3.14. The summed E-state index contributed by atoms with van der Waals surface area (Å²) in [7, 11) is 0. The van der Waals surface area contributed by atoms with Gasteiger partial charge in [0.25, 0.3) is 0 Å². The molecule has 4 atom stereocenters. The van der Waals surface area contributed by atoms with E-state index < -0.39 is 36.1 Å². The Balaban J connectivity index is 2.05. The van der Waals surface area contributed by atoms with Crippen molar-refractivity contribution in [2.24, 2.45) is 5.73 Å². The number of aliphatic hydroxyl groups excluding tert-OH is 2. The van der Waals surface area contributed by atoms with Crippen LogP contribution in [-0.2, 0) is 20.8 Å². The molecule has 136 valence electrons. The van der Waals surface area contributed by atoms with Crippen LogP contribution in [0.1, 0.15) is 18.2 Å². The quantitative estimate of drug-likeness (QED) is 0.430. The molecule has 1 aromatic rings. The molecule has 0 spiro atoms. The molecule has 0 aliphatic heterocycles. The number of nitrogens with two attached hydrogens (primary N) is 1. The van der Waals surface area contributed by atoms with Gasteiger partial charge in [-0.1, -0.05) is 12.1 Å². The predicted octanol–water partition coefficient (Wildman–Crippen LogP) is -1.18. The van der Waals surface area contributed by atoms with Crippen molar-refractivity contribution in [2.75, 3.05) is 0 Å². The summed E-state index contributed by atoms with van der Waals surface area (Å²) in [6.45, 7) is 1.44. The molecule has 1 aliphatic carbocycles. The minimum atomic E-state index is -1.22. The van der Waals surface area contributed by atoms with Crippen molar-refractivity contribution in [1.29, 1.82) is 0 Å². The third kappa shape index (κ3) is 5.12. The van der Waals surface area contributed by atoms with Crippen molar-refractivity contribution in [1.82, 2.24) is 10.6 Å². The fourth-order valence-electron chi connectivity index (χ4n) is 2.43. The largest absolute Gasteiger partial charge is 0.390 e. The monoisotopic (exact) mass is 367 g/mol. The molecule has 0 bridgehead atoms. The highest BCUT2D eigenvalue weighted by Crippen LogP contribution is 2.20. The van der Waals surface area contributed by atoms with Crippen LogP contribution >= 0.6 is 11.3 Å². The third-order valence-corrected chi connectivity index (χ3v) is 4.76. The number of thiophene rings is 1. The van der Waals surface area contributed by atoms with Gasteiger partial charge in [-0.3, -0.25) is 14.4 Å². The lowest BCUT2D eigenvalue weighted by Gasteiger charge is -2.31. The van der Waals surface area contributed by atoms with E-state index in [0.717, 1.165) is 4.88 Å². The second-order valence-electron chi connectivity index (χ2n) is 5.90. The molecule has 0 fully saturated rings. The Morgan fingerprint density at radius 2 is 2.12 bits per heavy atom. The van der Waals surface area contributed by atoms with E-state index in [9.17, 15) is 24.6 Å². The van der Waals surface area contributed by atoms with E-state index in [1.807, 2.05) is 17.5 Å². The Morgan fingerprint density at radius 1 is 1.40 bits per heavy atom. The zero-order valence-corrected chi connectivity index (χ0v) is 14.5. The summed E-state index contributed by atoms with van der Waals surface area (Å²) in [5, 5.41) is 26.9. The first-order valence-corrected chi connectivity index (χ1v) is 8.64. The number of primary amides is 1. The van der Waals surface area contributed by atoms with Crippen LogP contribution in [0.15, 0.2) is 29.2 Å². The van der Waals surface area contributed by atoms with E-state index in [1.165, 1.54) is 24.3 Å². The Morgan fingerprint density at radius 3 is 2.72 bits per heavy atom. The maximum atomic E-state index is 12.2. The number of carbonyl (C=O) groups is 3. The Kier molecular flexibility index (Phi) is 6.29. The highest BCUT2D eigenvalue weighted by Gasteiger charge is 2.34. The van der Waals surface area contributed by atoms with E-state index >= 15 is 0 Å². The van der Waals surface area contributed by atoms with Crippen LogP contribution in [0.2, 0.25) is 0 Å². The molecular formula is C16H21N3O5S. The van der Waals surface area contributed by atoms with Gasteiger partial charge in [-0.2, -0.15) is 0 Å². The predicted molar refractivity (Wildman–Crippen MR) is 91.5 cm³/mol. The molecule has 0 radical (unpaired) electrons. The molecule has 0 aromatic carbocycles. The standard InChI is InChI=1S/C16H21N3O5S/c1-8(15(17)23)18-16(24)9-5-11(14(22)12(20)6-9)19-13(21)7-10-3-2-4-25-10/h2-5,8,11-12,14,20,22H,6-7H2,1H3,(H2,17,23)(H,18,24)(H,19,21)/t8-,11-,12-,14-/m1/s1. The molecule has 1 heterocycles. The van der Waals surface area contributed by atoms with Gasteiger partial charge in [-0.05, 0) is 18.4 Å². The average molecular weight is 367 g/mol. The molecule has 3 amide bonds. The van der Waals surface area contributed by atoms with E-state index in [1.54, 1.807) is 0 Å². The molecule has 9 heteroatoms. The molecule has 0 saturated carbocycles. The van der Waals surface area contributed by atoms with Gasteiger partial charge >= 0.3 is 0 Å².